The van der Waals surface area contributed by atoms with Crippen LogP contribution in [0.3, 0.4) is 0 Å². The van der Waals surface area contributed by atoms with Crippen molar-refractivity contribution in [2.24, 2.45) is 0 Å². The first-order valence-electron chi connectivity index (χ1n) is 9.74. The molecule has 0 saturated carbocycles. The van der Waals surface area contributed by atoms with Crippen molar-refractivity contribution in [1.82, 2.24) is 10.6 Å². The Balaban J connectivity index is 1.98. The number of carbonyl (C=O) groups excluding carboxylic acids is 2. The molecule has 0 saturated heterocycles. The Morgan fingerprint density at radius 1 is 1.13 bits per heavy atom. The van der Waals surface area contributed by atoms with Gasteiger partial charge in [-0.25, -0.2) is 9.59 Å². The SMILES string of the molecule is CCOC(=O)C1=C(CSc2ccc(OC)cc2)NC(=O)N[C@H]1c1cc(C)ccc1C. The molecule has 7 heteroatoms. The average molecular weight is 427 g/mol. The van der Waals surface area contributed by atoms with Crippen LogP contribution in [0.1, 0.15) is 29.7 Å². The van der Waals surface area contributed by atoms with Gasteiger partial charge in [0.1, 0.15) is 5.75 Å². The van der Waals surface area contributed by atoms with E-state index in [1.54, 1.807) is 14.0 Å². The fraction of sp³-hybridized carbons (Fsp3) is 0.304. The Hall–Kier alpha value is -2.93. The highest BCUT2D eigenvalue weighted by Crippen LogP contribution is 2.33. The van der Waals surface area contributed by atoms with Gasteiger partial charge < -0.3 is 20.1 Å². The molecule has 1 aliphatic rings. The van der Waals surface area contributed by atoms with E-state index in [1.807, 2.05) is 56.3 Å². The van der Waals surface area contributed by atoms with E-state index in [4.69, 9.17) is 9.47 Å². The number of urea groups is 1. The van der Waals surface area contributed by atoms with Crippen LogP contribution in [0.4, 0.5) is 4.79 Å². The second-order valence-electron chi connectivity index (χ2n) is 6.97. The van der Waals surface area contributed by atoms with Crippen LogP contribution in [-0.4, -0.2) is 31.5 Å². The molecule has 2 N–H and O–H groups in total. The van der Waals surface area contributed by atoms with Crippen molar-refractivity contribution in [3.05, 3.63) is 70.4 Å². The number of hydrogen-bond acceptors (Lipinski definition) is 5. The van der Waals surface area contributed by atoms with Gasteiger partial charge in [-0.15, -0.1) is 11.8 Å². The van der Waals surface area contributed by atoms with Gasteiger partial charge in [0, 0.05) is 16.3 Å². The maximum absolute atomic E-state index is 12.9. The number of aryl methyl sites for hydroxylation is 2. The molecule has 0 fully saturated rings. The molecule has 0 bridgehead atoms. The lowest BCUT2D eigenvalue weighted by atomic mass is 9.91. The van der Waals surface area contributed by atoms with Crippen molar-refractivity contribution in [3.63, 3.8) is 0 Å². The Labute approximate surface area is 181 Å². The summed E-state index contributed by atoms with van der Waals surface area (Å²) in [5.74, 6) is 0.770. The van der Waals surface area contributed by atoms with E-state index in [0.717, 1.165) is 27.3 Å². The third-order valence-corrected chi connectivity index (χ3v) is 5.88. The number of ether oxygens (including phenoxy) is 2. The van der Waals surface area contributed by atoms with Crippen LogP contribution in [0, 0.1) is 13.8 Å². The number of esters is 1. The highest BCUT2D eigenvalue weighted by Gasteiger charge is 2.34. The number of thioether (sulfide) groups is 1. The predicted molar refractivity (Wildman–Crippen MR) is 118 cm³/mol. The molecule has 158 valence electrons. The van der Waals surface area contributed by atoms with Crippen molar-refractivity contribution in [2.45, 2.75) is 31.7 Å². The summed E-state index contributed by atoms with van der Waals surface area (Å²) in [5.41, 5.74) is 3.94. The lowest BCUT2D eigenvalue weighted by molar-refractivity contribution is -0.139. The summed E-state index contributed by atoms with van der Waals surface area (Å²) in [5, 5.41) is 5.71. The lowest BCUT2D eigenvalue weighted by Crippen LogP contribution is -2.46. The molecule has 1 atom stereocenters. The largest absolute Gasteiger partial charge is 0.497 e. The van der Waals surface area contributed by atoms with Crippen molar-refractivity contribution in [3.8, 4) is 5.75 Å². The summed E-state index contributed by atoms with van der Waals surface area (Å²) in [4.78, 5) is 26.3. The Morgan fingerprint density at radius 2 is 1.87 bits per heavy atom. The first kappa shape index (κ1) is 21.8. The molecule has 1 heterocycles. The van der Waals surface area contributed by atoms with Gasteiger partial charge in [0.25, 0.3) is 0 Å². The quantitative estimate of drug-likeness (QED) is 0.511. The first-order chi connectivity index (χ1) is 14.4. The first-order valence-corrected chi connectivity index (χ1v) is 10.7. The van der Waals surface area contributed by atoms with Crippen molar-refractivity contribution < 1.29 is 19.1 Å². The number of nitrogens with one attached hydrogen (secondary N) is 2. The summed E-state index contributed by atoms with van der Waals surface area (Å²) < 4.78 is 10.5. The van der Waals surface area contributed by atoms with Crippen LogP contribution >= 0.6 is 11.8 Å². The molecule has 2 amide bonds. The van der Waals surface area contributed by atoms with Crippen LogP contribution in [0.25, 0.3) is 0 Å². The van der Waals surface area contributed by atoms with Crippen LogP contribution in [0.2, 0.25) is 0 Å². The summed E-state index contributed by atoms with van der Waals surface area (Å²) in [6.07, 6.45) is 0. The number of rotatable bonds is 7. The van der Waals surface area contributed by atoms with E-state index in [9.17, 15) is 9.59 Å². The molecule has 2 aromatic carbocycles. The molecular weight excluding hydrogens is 400 g/mol. The van der Waals surface area contributed by atoms with E-state index >= 15 is 0 Å². The number of methoxy groups -OCH3 is 1. The Bertz CT molecular complexity index is 970. The highest BCUT2D eigenvalue weighted by molar-refractivity contribution is 7.99. The topological polar surface area (TPSA) is 76.7 Å². The molecule has 3 rings (SSSR count). The van der Waals surface area contributed by atoms with Crippen LogP contribution < -0.4 is 15.4 Å². The smallest absolute Gasteiger partial charge is 0.338 e. The van der Waals surface area contributed by atoms with Crippen LogP contribution in [0.15, 0.2) is 58.6 Å². The number of carbonyl (C=O) groups is 2. The van der Waals surface area contributed by atoms with Crippen molar-refractivity contribution in [1.29, 1.82) is 0 Å². The highest BCUT2D eigenvalue weighted by atomic mass is 32.2. The molecule has 0 aliphatic carbocycles. The minimum atomic E-state index is -0.566. The number of benzene rings is 2. The minimum absolute atomic E-state index is 0.259. The third kappa shape index (κ3) is 4.97. The summed E-state index contributed by atoms with van der Waals surface area (Å²) in [6.45, 7) is 5.98. The zero-order valence-corrected chi connectivity index (χ0v) is 18.4. The predicted octanol–water partition coefficient (Wildman–Crippen LogP) is 4.28. The molecule has 1 aliphatic heterocycles. The molecular formula is C23H26N2O4S. The van der Waals surface area contributed by atoms with Crippen LogP contribution in [0.5, 0.6) is 5.75 Å². The zero-order valence-electron chi connectivity index (χ0n) is 17.6. The van der Waals surface area contributed by atoms with Crippen LogP contribution in [-0.2, 0) is 9.53 Å². The van der Waals surface area contributed by atoms with E-state index in [-0.39, 0.29) is 12.6 Å². The maximum Gasteiger partial charge on any atom is 0.338 e. The third-order valence-electron chi connectivity index (χ3n) is 4.84. The van der Waals surface area contributed by atoms with Gasteiger partial charge in [-0.3, -0.25) is 0 Å². The minimum Gasteiger partial charge on any atom is -0.497 e. The molecule has 2 aromatic rings. The molecule has 0 unspecified atom stereocenters. The Kier molecular flexibility index (Phi) is 7.05. The van der Waals surface area contributed by atoms with E-state index in [0.29, 0.717) is 17.0 Å². The molecule has 0 radical (unpaired) electrons. The van der Waals surface area contributed by atoms with Gasteiger partial charge in [0.2, 0.25) is 0 Å². The van der Waals surface area contributed by atoms with Crippen molar-refractivity contribution >= 4 is 23.8 Å². The van der Waals surface area contributed by atoms with E-state index in [1.165, 1.54) is 11.8 Å². The maximum atomic E-state index is 12.9. The monoisotopic (exact) mass is 426 g/mol. The van der Waals surface area contributed by atoms with Gasteiger partial charge in [-0.1, -0.05) is 23.8 Å². The summed E-state index contributed by atoms with van der Waals surface area (Å²) in [6, 6.07) is 12.7. The zero-order chi connectivity index (χ0) is 21.7. The summed E-state index contributed by atoms with van der Waals surface area (Å²) >= 11 is 1.53. The second-order valence-corrected chi connectivity index (χ2v) is 8.02. The number of hydrogen-bond donors (Lipinski definition) is 2. The van der Waals surface area contributed by atoms with Gasteiger partial charge in [0.05, 0.1) is 25.3 Å². The standard InChI is InChI=1S/C23H26N2O4S/c1-5-29-22(26)20-19(13-30-17-10-8-16(28-4)9-11-17)24-23(27)25-21(20)18-12-14(2)6-7-15(18)3/h6-12,21H,5,13H2,1-4H3,(H2,24,25,27)/t21-/m0/s1. The fourth-order valence-corrected chi connectivity index (χ4v) is 4.18. The summed E-state index contributed by atoms with van der Waals surface area (Å²) in [7, 11) is 1.62. The molecule has 6 nitrogen and oxygen atoms in total. The van der Waals surface area contributed by atoms with Gasteiger partial charge in [-0.05, 0) is 56.2 Å². The second kappa shape index (κ2) is 9.71. The average Bonchev–Trinajstić information content (AvgIpc) is 2.74. The van der Waals surface area contributed by atoms with Gasteiger partial charge in [-0.2, -0.15) is 0 Å². The van der Waals surface area contributed by atoms with Gasteiger partial charge >= 0.3 is 12.0 Å². The number of amides is 2. The molecule has 0 aromatic heterocycles. The fourth-order valence-electron chi connectivity index (χ4n) is 3.31. The van der Waals surface area contributed by atoms with E-state index < -0.39 is 12.0 Å². The normalized spacial score (nSPS) is 16.0. The van der Waals surface area contributed by atoms with E-state index in [2.05, 4.69) is 10.6 Å². The molecule has 30 heavy (non-hydrogen) atoms. The van der Waals surface area contributed by atoms with Crippen molar-refractivity contribution in [2.75, 3.05) is 19.5 Å². The molecule has 0 spiro atoms. The Morgan fingerprint density at radius 3 is 2.53 bits per heavy atom. The van der Waals surface area contributed by atoms with Gasteiger partial charge in [0.15, 0.2) is 0 Å². The lowest BCUT2D eigenvalue weighted by Gasteiger charge is -2.30.